The number of nitrogens with one attached hydrogen (secondary N) is 1. The zero-order chi connectivity index (χ0) is 13.8. The van der Waals surface area contributed by atoms with Crippen LogP contribution in [0.5, 0.6) is 10.9 Å². The molecule has 2 aromatic rings. The normalized spacial score (nSPS) is 11.0. The van der Waals surface area contributed by atoms with E-state index in [4.69, 9.17) is 4.74 Å². The van der Waals surface area contributed by atoms with Crippen LogP contribution in [0.1, 0.15) is 30.0 Å². The number of aromatic nitrogens is 2. The third kappa shape index (κ3) is 3.75. The smallest absolute Gasteiger partial charge is 0.299 e. The van der Waals surface area contributed by atoms with Crippen molar-refractivity contribution in [1.82, 2.24) is 15.5 Å². The summed E-state index contributed by atoms with van der Waals surface area (Å²) in [5, 5.41) is 13.0. The summed E-state index contributed by atoms with van der Waals surface area (Å²) in [7, 11) is 0. The number of ether oxygens (including phenoxy) is 1. The predicted octanol–water partition coefficient (Wildman–Crippen LogP) is 3.45. The van der Waals surface area contributed by atoms with Gasteiger partial charge < -0.3 is 10.1 Å². The van der Waals surface area contributed by atoms with Gasteiger partial charge in [-0.25, -0.2) is 0 Å². The third-order valence-electron chi connectivity index (χ3n) is 2.86. The molecule has 0 atom stereocenters. The van der Waals surface area contributed by atoms with Gasteiger partial charge in [0.05, 0.1) is 6.54 Å². The molecule has 0 unspecified atom stereocenters. The highest BCUT2D eigenvalue weighted by Gasteiger charge is 2.09. The molecule has 19 heavy (non-hydrogen) atoms. The van der Waals surface area contributed by atoms with E-state index in [2.05, 4.69) is 42.4 Å². The molecule has 0 aliphatic carbocycles. The van der Waals surface area contributed by atoms with E-state index < -0.39 is 0 Å². The van der Waals surface area contributed by atoms with Crippen LogP contribution in [-0.4, -0.2) is 16.2 Å². The quantitative estimate of drug-likeness (QED) is 0.909. The Labute approximate surface area is 117 Å². The molecule has 0 radical (unpaired) electrons. The molecule has 1 aromatic carbocycles. The lowest BCUT2D eigenvalue weighted by Gasteiger charge is -2.07. The van der Waals surface area contributed by atoms with Crippen molar-refractivity contribution in [2.75, 3.05) is 0 Å². The number of rotatable bonds is 5. The van der Waals surface area contributed by atoms with Gasteiger partial charge in [-0.3, -0.25) is 0 Å². The maximum absolute atomic E-state index is 5.79. The van der Waals surface area contributed by atoms with Crippen molar-refractivity contribution in [3.63, 3.8) is 0 Å². The van der Waals surface area contributed by atoms with Crippen LogP contribution in [-0.2, 0) is 6.54 Å². The van der Waals surface area contributed by atoms with E-state index in [1.54, 1.807) is 0 Å². The summed E-state index contributed by atoms with van der Waals surface area (Å²) in [6, 6.07) is 6.45. The van der Waals surface area contributed by atoms with Crippen molar-refractivity contribution in [2.24, 2.45) is 0 Å². The third-order valence-corrected chi connectivity index (χ3v) is 3.66. The van der Waals surface area contributed by atoms with E-state index in [0.717, 1.165) is 22.9 Å². The molecule has 4 nitrogen and oxygen atoms in total. The molecule has 0 amide bonds. The molecule has 0 saturated heterocycles. The number of hydrogen-bond acceptors (Lipinski definition) is 5. The summed E-state index contributed by atoms with van der Waals surface area (Å²) in [6.45, 7) is 9.06. The Bertz CT molecular complexity index is 551. The van der Waals surface area contributed by atoms with Crippen LogP contribution in [0, 0.1) is 13.8 Å². The fourth-order valence-electron chi connectivity index (χ4n) is 1.57. The summed E-state index contributed by atoms with van der Waals surface area (Å²) in [5.41, 5.74) is 2.35. The number of benzene rings is 1. The molecular weight excluding hydrogens is 258 g/mol. The van der Waals surface area contributed by atoms with Crippen molar-refractivity contribution in [1.29, 1.82) is 0 Å². The van der Waals surface area contributed by atoms with Gasteiger partial charge >= 0.3 is 0 Å². The lowest BCUT2D eigenvalue weighted by atomic mass is 10.1. The SMILES string of the molecule is Cc1cccc(Oc2nnc(CNC(C)C)s2)c1C. The fraction of sp³-hybridized carbons (Fsp3) is 0.429. The molecule has 0 spiro atoms. The first-order chi connectivity index (χ1) is 9.06. The highest BCUT2D eigenvalue weighted by Crippen LogP contribution is 2.28. The minimum Gasteiger partial charge on any atom is -0.430 e. The van der Waals surface area contributed by atoms with Gasteiger partial charge in [0.25, 0.3) is 5.19 Å². The Balaban J connectivity index is 2.05. The van der Waals surface area contributed by atoms with E-state index in [9.17, 15) is 0 Å². The number of nitrogens with zero attached hydrogens (tertiary/aromatic N) is 2. The Morgan fingerprint density at radius 2 is 2.05 bits per heavy atom. The molecule has 0 saturated carbocycles. The maximum atomic E-state index is 5.79. The van der Waals surface area contributed by atoms with E-state index in [-0.39, 0.29) is 0 Å². The number of aryl methyl sites for hydroxylation is 1. The van der Waals surface area contributed by atoms with Crippen LogP contribution in [0.15, 0.2) is 18.2 Å². The highest BCUT2D eigenvalue weighted by atomic mass is 32.1. The summed E-state index contributed by atoms with van der Waals surface area (Å²) < 4.78 is 5.79. The van der Waals surface area contributed by atoms with Gasteiger partial charge in [0.2, 0.25) is 0 Å². The van der Waals surface area contributed by atoms with E-state index in [1.807, 2.05) is 19.1 Å². The van der Waals surface area contributed by atoms with Gasteiger partial charge in [-0.15, -0.1) is 5.10 Å². The molecule has 2 rings (SSSR count). The van der Waals surface area contributed by atoms with E-state index in [1.165, 1.54) is 16.9 Å². The standard InChI is InChI=1S/C14H19N3OS/c1-9(2)15-8-13-16-17-14(19-13)18-12-7-5-6-10(3)11(12)4/h5-7,9,15H,8H2,1-4H3. The Kier molecular flexibility index (Phi) is 4.50. The Morgan fingerprint density at radius 3 is 2.79 bits per heavy atom. The van der Waals surface area contributed by atoms with Gasteiger partial charge in [-0.2, -0.15) is 0 Å². The van der Waals surface area contributed by atoms with Crippen LogP contribution >= 0.6 is 11.3 Å². The van der Waals surface area contributed by atoms with Crippen molar-refractivity contribution in [2.45, 2.75) is 40.3 Å². The number of hydrogen-bond donors (Lipinski definition) is 1. The van der Waals surface area contributed by atoms with Crippen LogP contribution in [0.25, 0.3) is 0 Å². The molecule has 0 bridgehead atoms. The maximum Gasteiger partial charge on any atom is 0.299 e. The first kappa shape index (κ1) is 14.0. The lowest BCUT2D eigenvalue weighted by Crippen LogP contribution is -2.21. The van der Waals surface area contributed by atoms with Crippen molar-refractivity contribution < 1.29 is 4.74 Å². The fourth-order valence-corrected chi connectivity index (χ4v) is 2.22. The second-order valence-electron chi connectivity index (χ2n) is 4.80. The van der Waals surface area contributed by atoms with Gasteiger partial charge in [-0.1, -0.05) is 42.4 Å². The molecule has 102 valence electrons. The van der Waals surface area contributed by atoms with Crippen LogP contribution < -0.4 is 10.1 Å². The molecule has 0 aliphatic rings. The molecule has 1 N–H and O–H groups in total. The Morgan fingerprint density at radius 1 is 1.26 bits per heavy atom. The first-order valence-corrected chi connectivity index (χ1v) is 7.17. The largest absolute Gasteiger partial charge is 0.430 e. The summed E-state index contributed by atoms with van der Waals surface area (Å²) >= 11 is 1.48. The molecule has 1 heterocycles. The van der Waals surface area contributed by atoms with Crippen LogP contribution in [0.2, 0.25) is 0 Å². The van der Waals surface area contributed by atoms with Gasteiger partial charge in [-0.05, 0) is 31.0 Å². The Hall–Kier alpha value is -1.46. The topological polar surface area (TPSA) is 47.0 Å². The van der Waals surface area contributed by atoms with E-state index >= 15 is 0 Å². The van der Waals surface area contributed by atoms with Crippen LogP contribution in [0.3, 0.4) is 0 Å². The summed E-state index contributed by atoms with van der Waals surface area (Å²) in [4.78, 5) is 0. The van der Waals surface area contributed by atoms with E-state index in [0.29, 0.717) is 11.2 Å². The molecule has 1 aromatic heterocycles. The van der Waals surface area contributed by atoms with Crippen LogP contribution in [0.4, 0.5) is 0 Å². The molecular formula is C14H19N3OS. The van der Waals surface area contributed by atoms with Gasteiger partial charge in [0.1, 0.15) is 10.8 Å². The first-order valence-electron chi connectivity index (χ1n) is 6.36. The second-order valence-corrected chi connectivity index (χ2v) is 5.82. The zero-order valence-electron chi connectivity index (χ0n) is 11.7. The summed E-state index contributed by atoms with van der Waals surface area (Å²) in [6.07, 6.45) is 0. The minimum absolute atomic E-state index is 0.437. The molecule has 0 fully saturated rings. The average molecular weight is 277 g/mol. The van der Waals surface area contributed by atoms with Gasteiger partial charge in [0.15, 0.2) is 0 Å². The molecule has 5 heteroatoms. The summed E-state index contributed by atoms with van der Waals surface area (Å²) in [5.74, 6) is 0.847. The van der Waals surface area contributed by atoms with Crippen molar-refractivity contribution in [3.8, 4) is 10.9 Å². The second kappa shape index (κ2) is 6.12. The van der Waals surface area contributed by atoms with Crippen molar-refractivity contribution >= 4 is 11.3 Å². The predicted molar refractivity (Wildman–Crippen MR) is 77.9 cm³/mol. The zero-order valence-corrected chi connectivity index (χ0v) is 12.5. The minimum atomic E-state index is 0.437. The van der Waals surface area contributed by atoms with Crippen molar-refractivity contribution in [3.05, 3.63) is 34.3 Å². The highest BCUT2D eigenvalue weighted by molar-refractivity contribution is 7.13. The lowest BCUT2D eigenvalue weighted by molar-refractivity contribution is 0.469. The van der Waals surface area contributed by atoms with Gasteiger partial charge in [0, 0.05) is 6.04 Å². The molecule has 0 aliphatic heterocycles. The average Bonchev–Trinajstić information content (AvgIpc) is 2.80. The monoisotopic (exact) mass is 277 g/mol.